The molecule has 4 rings (SSSR count). The van der Waals surface area contributed by atoms with Crippen LogP contribution in [0.15, 0.2) is 30.3 Å². The van der Waals surface area contributed by atoms with Gasteiger partial charge < -0.3 is 9.64 Å². The fraction of sp³-hybridized carbons (Fsp3) is 0.263. The highest BCUT2D eigenvalue weighted by molar-refractivity contribution is 7.15. The molecule has 1 aromatic carbocycles. The molecule has 0 saturated carbocycles. The molecule has 0 bridgehead atoms. The second-order valence-electron chi connectivity index (χ2n) is 6.38. The number of H-pyrrole nitrogens is 1. The number of aromatic nitrogens is 3. The van der Waals surface area contributed by atoms with Crippen molar-refractivity contribution >= 4 is 28.5 Å². The largest absolute Gasteiger partial charge is 0.450 e. The van der Waals surface area contributed by atoms with Gasteiger partial charge in [0.05, 0.1) is 24.5 Å². The van der Waals surface area contributed by atoms with Crippen molar-refractivity contribution in [2.24, 2.45) is 0 Å². The van der Waals surface area contributed by atoms with E-state index < -0.39 is 6.09 Å². The highest BCUT2D eigenvalue weighted by Gasteiger charge is 2.26. The zero-order chi connectivity index (χ0) is 20.4. The number of nitrogens with zero attached hydrogens (tertiary/aromatic N) is 3. The number of benzene rings is 1. The minimum Gasteiger partial charge on any atom is -0.450 e. The summed E-state index contributed by atoms with van der Waals surface area (Å²) in [4.78, 5) is 31.5. The third-order valence-electron chi connectivity index (χ3n) is 4.45. The van der Waals surface area contributed by atoms with Gasteiger partial charge in [0.1, 0.15) is 11.5 Å². The number of ether oxygens (including phenoxy) is 1. The Morgan fingerprint density at radius 3 is 2.90 bits per heavy atom. The minimum absolute atomic E-state index is 0.176. The Morgan fingerprint density at radius 1 is 1.34 bits per heavy atom. The van der Waals surface area contributed by atoms with Gasteiger partial charge in [-0.25, -0.2) is 14.2 Å². The summed E-state index contributed by atoms with van der Waals surface area (Å²) >= 11 is 1.33. The summed E-state index contributed by atoms with van der Waals surface area (Å²) < 4.78 is 17.9. The second kappa shape index (κ2) is 8.00. The van der Waals surface area contributed by atoms with Gasteiger partial charge in [-0.2, -0.15) is 5.10 Å². The Kier molecular flexibility index (Phi) is 5.26. The molecular formula is C19H18FN5O3S. The van der Waals surface area contributed by atoms with E-state index in [9.17, 15) is 14.0 Å². The van der Waals surface area contributed by atoms with E-state index in [0.717, 1.165) is 16.1 Å². The van der Waals surface area contributed by atoms with Gasteiger partial charge in [-0.1, -0.05) is 11.3 Å². The Bertz CT molecular complexity index is 1050. The lowest BCUT2D eigenvalue weighted by atomic mass is 10.1. The van der Waals surface area contributed by atoms with Gasteiger partial charge in [-0.15, -0.1) is 0 Å². The molecule has 3 heterocycles. The number of hydrogen-bond donors (Lipinski definition) is 2. The molecule has 3 aromatic rings. The third-order valence-corrected chi connectivity index (χ3v) is 5.45. The van der Waals surface area contributed by atoms with Gasteiger partial charge in [0.2, 0.25) is 0 Å². The van der Waals surface area contributed by atoms with Crippen molar-refractivity contribution in [2.45, 2.75) is 19.9 Å². The van der Waals surface area contributed by atoms with Crippen molar-refractivity contribution in [1.29, 1.82) is 0 Å². The van der Waals surface area contributed by atoms with Crippen LogP contribution in [0, 0.1) is 5.82 Å². The number of carbonyl (C=O) groups is 2. The summed E-state index contributed by atoms with van der Waals surface area (Å²) in [7, 11) is 0. The van der Waals surface area contributed by atoms with Gasteiger partial charge >= 0.3 is 6.09 Å². The number of nitrogens with one attached hydrogen (secondary N) is 2. The number of hydrogen-bond acceptors (Lipinski definition) is 6. The standard InChI is InChI=1S/C19H18FN5O3S/c1-2-28-19(27)22-18-21-13-7-8-25(10-16(13)29-18)17(26)15-9-14(23-24-15)11-3-5-12(20)6-4-11/h3-6,9H,2,7-8,10H2,1H3,(H,23,24)(H,21,22,27). The number of halogens is 1. The fourth-order valence-electron chi connectivity index (χ4n) is 3.05. The van der Waals surface area contributed by atoms with E-state index in [2.05, 4.69) is 20.5 Å². The van der Waals surface area contributed by atoms with Crippen molar-refractivity contribution in [3.8, 4) is 11.3 Å². The monoisotopic (exact) mass is 415 g/mol. The molecule has 0 saturated heterocycles. The van der Waals surface area contributed by atoms with Crippen molar-refractivity contribution in [3.63, 3.8) is 0 Å². The van der Waals surface area contributed by atoms with Gasteiger partial charge in [-0.05, 0) is 37.3 Å². The number of rotatable bonds is 4. The molecule has 0 fully saturated rings. The van der Waals surface area contributed by atoms with Crippen molar-refractivity contribution < 1.29 is 18.7 Å². The highest BCUT2D eigenvalue weighted by atomic mass is 32.1. The Hall–Kier alpha value is -3.27. The van der Waals surface area contributed by atoms with Crippen LogP contribution in [0.4, 0.5) is 14.3 Å². The molecule has 0 radical (unpaired) electrons. The number of fused-ring (bicyclic) bond motifs is 1. The van der Waals surface area contributed by atoms with Gasteiger partial charge in [-0.3, -0.25) is 15.2 Å². The lowest BCUT2D eigenvalue weighted by Gasteiger charge is -2.25. The Labute approximate surface area is 169 Å². The van der Waals surface area contributed by atoms with E-state index in [1.54, 1.807) is 30.0 Å². The number of anilines is 1. The average molecular weight is 415 g/mol. The minimum atomic E-state index is -0.544. The number of carbonyl (C=O) groups excluding carboxylic acids is 2. The fourth-order valence-corrected chi connectivity index (χ4v) is 4.06. The first kappa shape index (κ1) is 19.1. The van der Waals surface area contributed by atoms with Crippen LogP contribution >= 0.6 is 11.3 Å². The molecule has 2 N–H and O–H groups in total. The maximum absolute atomic E-state index is 13.1. The summed E-state index contributed by atoms with van der Waals surface area (Å²) in [5, 5.41) is 9.99. The van der Waals surface area contributed by atoms with E-state index in [1.807, 2.05) is 0 Å². The van der Waals surface area contributed by atoms with E-state index in [4.69, 9.17) is 4.74 Å². The smallest absolute Gasteiger partial charge is 0.413 e. The quantitative estimate of drug-likeness (QED) is 0.680. The van der Waals surface area contributed by atoms with Crippen molar-refractivity contribution in [3.05, 3.63) is 52.4 Å². The number of amides is 2. The average Bonchev–Trinajstić information content (AvgIpc) is 3.34. The Balaban J connectivity index is 1.45. The summed E-state index contributed by atoms with van der Waals surface area (Å²) in [5.41, 5.74) is 2.54. The van der Waals surface area contributed by atoms with E-state index in [-0.39, 0.29) is 18.3 Å². The van der Waals surface area contributed by atoms with Crippen LogP contribution in [-0.2, 0) is 17.7 Å². The number of thiazole rings is 1. The van der Waals surface area contributed by atoms with E-state index >= 15 is 0 Å². The van der Waals surface area contributed by atoms with Crippen molar-refractivity contribution in [2.75, 3.05) is 18.5 Å². The predicted molar refractivity (Wildman–Crippen MR) is 105 cm³/mol. The molecule has 29 heavy (non-hydrogen) atoms. The highest BCUT2D eigenvalue weighted by Crippen LogP contribution is 2.29. The first-order valence-corrected chi connectivity index (χ1v) is 9.88. The zero-order valence-electron chi connectivity index (χ0n) is 15.6. The maximum Gasteiger partial charge on any atom is 0.413 e. The molecule has 1 aliphatic heterocycles. The Morgan fingerprint density at radius 2 is 2.14 bits per heavy atom. The van der Waals surface area contributed by atoms with E-state index in [1.165, 1.54) is 23.5 Å². The van der Waals surface area contributed by atoms with Gasteiger partial charge in [0.15, 0.2) is 5.13 Å². The van der Waals surface area contributed by atoms with Crippen LogP contribution in [0.1, 0.15) is 28.0 Å². The molecule has 10 heteroatoms. The normalized spacial score (nSPS) is 13.1. The topological polar surface area (TPSA) is 100 Å². The lowest BCUT2D eigenvalue weighted by molar-refractivity contribution is 0.0730. The number of aromatic amines is 1. The molecule has 0 unspecified atom stereocenters. The molecule has 0 spiro atoms. The summed E-state index contributed by atoms with van der Waals surface area (Å²) in [6.07, 6.45) is 0.0541. The van der Waals surface area contributed by atoms with Crippen LogP contribution in [-0.4, -0.2) is 45.2 Å². The second-order valence-corrected chi connectivity index (χ2v) is 7.47. The molecule has 2 amide bonds. The summed E-state index contributed by atoms with van der Waals surface area (Å²) in [5.74, 6) is -0.504. The van der Waals surface area contributed by atoms with Crippen LogP contribution in [0.5, 0.6) is 0 Å². The first-order chi connectivity index (χ1) is 14.0. The van der Waals surface area contributed by atoms with Crippen LogP contribution < -0.4 is 5.32 Å². The summed E-state index contributed by atoms with van der Waals surface area (Å²) in [6.45, 7) is 2.93. The molecule has 1 aliphatic rings. The summed E-state index contributed by atoms with van der Waals surface area (Å²) in [6, 6.07) is 7.59. The van der Waals surface area contributed by atoms with Crippen molar-refractivity contribution in [1.82, 2.24) is 20.1 Å². The van der Waals surface area contributed by atoms with E-state index in [0.29, 0.717) is 36.0 Å². The lowest BCUT2D eigenvalue weighted by Crippen LogP contribution is -2.35. The third kappa shape index (κ3) is 4.11. The molecule has 0 aliphatic carbocycles. The molecule has 8 nitrogen and oxygen atoms in total. The van der Waals surface area contributed by atoms with Gasteiger partial charge in [0.25, 0.3) is 5.91 Å². The molecule has 150 valence electrons. The zero-order valence-corrected chi connectivity index (χ0v) is 16.4. The first-order valence-electron chi connectivity index (χ1n) is 9.06. The predicted octanol–water partition coefficient (Wildman–Crippen LogP) is 3.44. The maximum atomic E-state index is 13.1. The molecular weight excluding hydrogens is 397 g/mol. The molecule has 0 atom stereocenters. The van der Waals surface area contributed by atoms with Crippen LogP contribution in [0.2, 0.25) is 0 Å². The van der Waals surface area contributed by atoms with Crippen LogP contribution in [0.25, 0.3) is 11.3 Å². The van der Waals surface area contributed by atoms with Gasteiger partial charge in [0, 0.05) is 23.4 Å². The molecule has 2 aromatic heterocycles. The SMILES string of the molecule is CCOC(=O)Nc1nc2c(s1)CN(C(=O)c1cc(-c3ccc(F)cc3)n[nH]1)CC2. The van der Waals surface area contributed by atoms with Crippen LogP contribution in [0.3, 0.4) is 0 Å².